The van der Waals surface area contributed by atoms with Crippen LogP contribution in [0.4, 0.5) is 4.39 Å². The van der Waals surface area contributed by atoms with Crippen LogP contribution in [0.25, 0.3) is 11.0 Å². The van der Waals surface area contributed by atoms with Crippen molar-refractivity contribution in [1.29, 1.82) is 0 Å². The third-order valence-electron chi connectivity index (χ3n) is 4.41. The zero-order valence-electron chi connectivity index (χ0n) is 12.4. The molecule has 1 fully saturated rings. The van der Waals surface area contributed by atoms with Crippen molar-refractivity contribution in [2.24, 2.45) is 11.3 Å². The first-order valence-corrected chi connectivity index (χ1v) is 7.43. The lowest BCUT2D eigenvalue weighted by Crippen LogP contribution is -2.25. The summed E-state index contributed by atoms with van der Waals surface area (Å²) in [6, 6.07) is 6.92. The second-order valence-electron chi connectivity index (χ2n) is 6.56. The molecule has 1 saturated carbocycles. The van der Waals surface area contributed by atoms with Crippen LogP contribution in [-0.2, 0) is 0 Å². The van der Waals surface area contributed by atoms with Crippen molar-refractivity contribution < 1.29 is 8.81 Å². The van der Waals surface area contributed by atoms with Crippen LogP contribution in [0, 0.1) is 17.2 Å². The van der Waals surface area contributed by atoms with Gasteiger partial charge in [-0.25, -0.2) is 4.39 Å². The average molecular weight is 275 g/mol. The van der Waals surface area contributed by atoms with Gasteiger partial charge in [0.15, 0.2) is 0 Å². The van der Waals surface area contributed by atoms with E-state index in [0.29, 0.717) is 11.3 Å². The maximum Gasteiger partial charge on any atom is 0.134 e. The van der Waals surface area contributed by atoms with Crippen LogP contribution in [0.15, 0.2) is 28.7 Å². The van der Waals surface area contributed by atoms with Gasteiger partial charge in [-0.05, 0) is 55.0 Å². The maximum atomic E-state index is 13.3. The van der Waals surface area contributed by atoms with E-state index < -0.39 is 0 Å². The number of furan rings is 1. The van der Waals surface area contributed by atoms with Gasteiger partial charge in [-0.2, -0.15) is 0 Å². The molecule has 0 spiro atoms. The number of halogens is 1. The molecular formula is C17H22FNO. The van der Waals surface area contributed by atoms with Crippen LogP contribution in [0.2, 0.25) is 0 Å². The summed E-state index contributed by atoms with van der Waals surface area (Å²) in [5, 5.41) is 4.44. The van der Waals surface area contributed by atoms with Crippen molar-refractivity contribution in [3.05, 3.63) is 35.8 Å². The van der Waals surface area contributed by atoms with Gasteiger partial charge in [0.1, 0.15) is 17.2 Å². The summed E-state index contributed by atoms with van der Waals surface area (Å²) in [4.78, 5) is 0. The van der Waals surface area contributed by atoms with Crippen molar-refractivity contribution in [2.75, 3.05) is 6.54 Å². The van der Waals surface area contributed by atoms with Crippen LogP contribution in [0.5, 0.6) is 0 Å². The number of hydrogen-bond acceptors (Lipinski definition) is 2. The fourth-order valence-corrected chi connectivity index (χ4v) is 3.01. The predicted molar refractivity (Wildman–Crippen MR) is 79.1 cm³/mol. The molecule has 108 valence electrons. The molecule has 1 aromatic heterocycles. The molecule has 3 heteroatoms. The smallest absolute Gasteiger partial charge is 0.134 e. The summed E-state index contributed by atoms with van der Waals surface area (Å²) < 4.78 is 19.2. The molecule has 20 heavy (non-hydrogen) atoms. The van der Waals surface area contributed by atoms with Crippen LogP contribution in [0.1, 0.15) is 45.4 Å². The first kappa shape index (κ1) is 13.6. The lowest BCUT2D eigenvalue weighted by molar-refractivity contribution is 0.359. The fraction of sp³-hybridized carbons (Fsp3) is 0.529. The first-order chi connectivity index (χ1) is 9.51. The van der Waals surface area contributed by atoms with Crippen LogP contribution in [-0.4, -0.2) is 6.54 Å². The zero-order chi connectivity index (χ0) is 14.3. The number of benzene rings is 1. The number of fused-ring (bicyclic) bond motifs is 1. The second-order valence-corrected chi connectivity index (χ2v) is 6.56. The Morgan fingerprint density at radius 1 is 1.40 bits per heavy atom. The summed E-state index contributed by atoms with van der Waals surface area (Å²) in [5.74, 6) is 1.32. The van der Waals surface area contributed by atoms with E-state index in [1.807, 2.05) is 6.07 Å². The van der Waals surface area contributed by atoms with Crippen LogP contribution in [0.3, 0.4) is 0 Å². The standard InChI is InChI=1S/C17H22FNO/c1-4-7-19-16(13-10-17(13,2)3)15-9-11-8-12(18)5-6-14(11)20-15/h5-6,8-9,13,16,19H,4,7,10H2,1-3H3. The summed E-state index contributed by atoms with van der Waals surface area (Å²) in [5.41, 5.74) is 1.14. The number of nitrogens with one attached hydrogen (secondary N) is 1. The maximum absolute atomic E-state index is 13.3. The Morgan fingerprint density at radius 3 is 2.80 bits per heavy atom. The van der Waals surface area contributed by atoms with E-state index in [2.05, 4.69) is 26.1 Å². The molecule has 0 radical (unpaired) electrons. The lowest BCUT2D eigenvalue weighted by atomic mass is 10.0. The Hall–Kier alpha value is -1.35. The van der Waals surface area contributed by atoms with E-state index in [4.69, 9.17) is 4.42 Å². The second kappa shape index (κ2) is 4.88. The highest BCUT2D eigenvalue weighted by atomic mass is 19.1. The van der Waals surface area contributed by atoms with Gasteiger partial charge < -0.3 is 9.73 Å². The quantitative estimate of drug-likeness (QED) is 0.858. The summed E-state index contributed by atoms with van der Waals surface area (Å²) in [6.45, 7) is 7.72. The fourth-order valence-electron chi connectivity index (χ4n) is 3.01. The molecule has 2 aromatic rings. The van der Waals surface area contributed by atoms with Crippen molar-refractivity contribution in [1.82, 2.24) is 5.32 Å². The molecule has 2 atom stereocenters. The largest absolute Gasteiger partial charge is 0.459 e. The van der Waals surface area contributed by atoms with Gasteiger partial charge in [0.05, 0.1) is 6.04 Å². The van der Waals surface area contributed by atoms with E-state index in [9.17, 15) is 4.39 Å². The molecule has 1 aromatic carbocycles. The molecule has 1 heterocycles. The van der Waals surface area contributed by atoms with E-state index in [0.717, 1.165) is 29.7 Å². The molecule has 0 amide bonds. The SMILES string of the molecule is CCCNC(c1cc2cc(F)ccc2o1)C1CC1(C)C. The lowest BCUT2D eigenvalue weighted by Gasteiger charge is -2.17. The molecule has 0 saturated heterocycles. The van der Waals surface area contributed by atoms with Crippen molar-refractivity contribution in [3.63, 3.8) is 0 Å². The zero-order valence-corrected chi connectivity index (χ0v) is 12.4. The van der Waals surface area contributed by atoms with E-state index in [1.165, 1.54) is 18.6 Å². The molecule has 1 aliphatic rings. The molecular weight excluding hydrogens is 253 g/mol. The Bertz CT molecular complexity index is 616. The molecule has 0 aliphatic heterocycles. The molecule has 3 rings (SSSR count). The van der Waals surface area contributed by atoms with Crippen molar-refractivity contribution >= 4 is 11.0 Å². The number of hydrogen-bond donors (Lipinski definition) is 1. The highest BCUT2D eigenvalue weighted by Gasteiger charge is 2.51. The van der Waals surface area contributed by atoms with Gasteiger partial charge in [-0.3, -0.25) is 0 Å². The van der Waals surface area contributed by atoms with E-state index >= 15 is 0 Å². The topological polar surface area (TPSA) is 25.2 Å². The Morgan fingerprint density at radius 2 is 2.15 bits per heavy atom. The van der Waals surface area contributed by atoms with Gasteiger partial charge >= 0.3 is 0 Å². The molecule has 1 aliphatic carbocycles. The van der Waals surface area contributed by atoms with Gasteiger partial charge in [-0.1, -0.05) is 20.8 Å². The Labute approximate surface area is 119 Å². The minimum atomic E-state index is -0.213. The average Bonchev–Trinajstić information content (AvgIpc) is 2.84. The minimum absolute atomic E-state index is 0.213. The monoisotopic (exact) mass is 275 g/mol. The van der Waals surface area contributed by atoms with E-state index in [1.54, 1.807) is 6.07 Å². The van der Waals surface area contributed by atoms with Gasteiger partial charge in [0, 0.05) is 5.39 Å². The summed E-state index contributed by atoms with van der Waals surface area (Å²) in [6.07, 6.45) is 2.30. The predicted octanol–water partition coefficient (Wildman–Crippen LogP) is 4.66. The third-order valence-corrected chi connectivity index (χ3v) is 4.41. The highest BCUT2D eigenvalue weighted by Crippen LogP contribution is 2.58. The van der Waals surface area contributed by atoms with Crippen LogP contribution < -0.4 is 5.32 Å². The Kier molecular flexibility index (Phi) is 3.33. The summed E-state index contributed by atoms with van der Waals surface area (Å²) >= 11 is 0. The first-order valence-electron chi connectivity index (χ1n) is 7.43. The van der Waals surface area contributed by atoms with Crippen molar-refractivity contribution in [2.45, 2.75) is 39.7 Å². The molecule has 2 unspecified atom stereocenters. The van der Waals surface area contributed by atoms with Crippen LogP contribution >= 0.6 is 0 Å². The molecule has 2 nitrogen and oxygen atoms in total. The Balaban J connectivity index is 1.92. The van der Waals surface area contributed by atoms with Crippen molar-refractivity contribution in [3.8, 4) is 0 Å². The van der Waals surface area contributed by atoms with Gasteiger partial charge in [0.2, 0.25) is 0 Å². The minimum Gasteiger partial charge on any atom is -0.459 e. The molecule has 1 N–H and O–H groups in total. The third kappa shape index (κ3) is 2.47. The van der Waals surface area contributed by atoms with Gasteiger partial charge in [0.25, 0.3) is 0 Å². The number of rotatable bonds is 5. The normalized spacial score (nSPS) is 22.1. The highest BCUT2D eigenvalue weighted by molar-refractivity contribution is 5.78. The van der Waals surface area contributed by atoms with E-state index in [-0.39, 0.29) is 11.9 Å². The summed E-state index contributed by atoms with van der Waals surface area (Å²) in [7, 11) is 0. The molecule has 0 bridgehead atoms. The van der Waals surface area contributed by atoms with Gasteiger partial charge in [-0.15, -0.1) is 0 Å².